The fourth-order valence-corrected chi connectivity index (χ4v) is 1.76. The summed E-state index contributed by atoms with van der Waals surface area (Å²) in [7, 11) is -3.36. The van der Waals surface area contributed by atoms with Crippen LogP contribution < -0.4 is 11.1 Å². The normalized spacial score (nSPS) is 12.0. The van der Waals surface area contributed by atoms with E-state index in [0.29, 0.717) is 0 Å². The Hall–Kier alpha value is -2.16. The molecule has 1 aromatic rings. The van der Waals surface area contributed by atoms with Gasteiger partial charge >= 0.3 is 0 Å². The number of carbonyl (C=O) groups is 1. The van der Waals surface area contributed by atoms with E-state index in [4.69, 9.17) is 5.73 Å². The van der Waals surface area contributed by atoms with Gasteiger partial charge in [0.15, 0.2) is 9.84 Å². The maximum absolute atomic E-state index is 11.6. The molecule has 0 heterocycles. The number of hydrogen-bond donors (Lipinski definition) is 2. The molecule has 0 bridgehead atoms. The lowest BCUT2D eigenvalue weighted by Gasteiger charge is -2.23. The van der Waals surface area contributed by atoms with Crippen LogP contribution in [0.4, 0.5) is 11.4 Å². The Balaban J connectivity index is 3.14. The number of sulfone groups is 1. The van der Waals surface area contributed by atoms with E-state index in [9.17, 15) is 23.3 Å². The molecule has 9 heteroatoms. The summed E-state index contributed by atoms with van der Waals surface area (Å²) >= 11 is 0. The minimum Gasteiger partial charge on any atom is -0.378 e. The number of anilines is 1. The first kappa shape index (κ1) is 16.9. The van der Waals surface area contributed by atoms with Crippen molar-refractivity contribution in [2.24, 2.45) is 5.73 Å². The quantitative estimate of drug-likeness (QED) is 0.592. The lowest BCUT2D eigenvalue weighted by Crippen LogP contribution is -2.38. The Morgan fingerprint density at radius 2 is 2.00 bits per heavy atom. The van der Waals surface area contributed by atoms with E-state index in [-0.39, 0.29) is 23.5 Å². The monoisotopic (exact) mass is 315 g/mol. The smallest absolute Gasteiger partial charge is 0.292 e. The fraction of sp³-hybridized carbons (Fsp3) is 0.417. The van der Waals surface area contributed by atoms with Crippen LogP contribution in [0.25, 0.3) is 0 Å². The Morgan fingerprint density at radius 3 is 2.43 bits per heavy atom. The van der Waals surface area contributed by atoms with E-state index in [1.54, 1.807) is 0 Å². The van der Waals surface area contributed by atoms with Gasteiger partial charge in [-0.15, -0.1) is 0 Å². The first-order valence-electron chi connectivity index (χ1n) is 5.97. The molecule has 0 unspecified atom stereocenters. The molecule has 0 aliphatic rings. The summed E-state index contributed by atoms with van der Waals surface area (Å²) in [5.41, 5.74) is 5.01. The van der Waals surface area contributed by atoms with Crippen molar-refractivity contribution < 1.29 is 18.1 Å². The Labute approximate surface area is 122 Å². The fourth-order valence-electron chi connectivity index (χ4n) is 1.43. The van der Waals surface area contributed by atoms with Gasteiger partial charge in [-0.05, 0) is 26.0 Å². The van der Waals surface area contributed by atoms with Gasteiger partial charge in [0.05, 0.1) is 9.67 Å². The lowest BCUT2D eigenvalue weighted by molar-refractivity contribution is -0.384. The molecule has 0 atom stereocenters. The highest BCUT2D eigenvalue weighted by molar-refractivity contribution is 7.92. The van der Waals surface area contributed by atoms with Crippen LogP contribution in [0.15, 0.2) is 18.2 Å². The SMILES string of the molecule is CC(C)(CNc1cc(C(N)=O)ccc1[N+](=O)[O-])S(C)(=O)=O. The topological polar surface area (TPSA) is 132 Å². The zero-order valence-corrected chi connectivity index (χ0v) is 12.7. The molecule has 116 valence electrons. The third-order valence-corrected chi connectivity index (χ3v) is 5.34. The van der Waals surface area contributed by atoms with Crippen LogP contribution in [-0.4, -0.2) is 36.8 Å². The second-order valence-corrected chi connectivity index (χ2v) is 7.89. The van der Waals surface area contributed by atoms with Crippen molar-refractivity contribution >= 4 is 27.1 Å². The molecule has 0 saturated heterocycles. The van der Waals surface area contributed by atoms with Crippen molar-refractivity contribution in [3.8, 4) is 0 Å². The summed E-state index contributed by atoms with van der Waals surface area (Å²) < 4.78 is 22.1. The average molecular weight is 315 g/mol. The van der Waals surface area contributed by atoms with Crippen molar-refractivity contribution in [3.05, 3.63) is 33.9 Å². The molecule has 0 fully saturated rings. The number of nitrogens with two attached hydrogens (primary N) is 1. The zero-order valence-electron chi connectivity index (χ0n) is 11.9. The molecule has 0 aromatic heterocycles. The summed E-state index contributed by atoms with van der Waals surface area (Å²) in [6, 6.07) is 3.63. The molecule has 0 saturated carbocycles. The minimum absolute atomic E-state index is 0.0467. The van der Waals surface area contributed by atoms with E-state index in [2.05, 4.69) is 5.32 Å². The molecule has 0 spiro atoms. The third kappa shape index (κ3) is 3.91. The number of nitro benzene ring substituents is 1. The summed E-state index contributed by atoms with van der Waals surface area (Å²) in [5.74, 6) is -0.727. The maximum Gasteiger partial charge on any atom is 0.292 e. The highest BCUT2D eigenvalue weighted by Crippen LogP contribution is 2.27. The highest BCUT2D eigenvalue weighted by atomic mass is 32.2. The molecule has 21 heavy (non-hydrogen) atoms. The van der Waals surface area contributed by atoms with E-state index in [1.165, 1.54) is 26.0 Å². The van der Waals surface area contributed by atoms with Crippen LogP contribution in [0.3, 0.4) is 0 Å². The van der Waals surface area contributed by atoms with Gasteiger partial charge in [-0.1, -0.05) is 0 Å². The van der Waals surface area contributed by atoms with Crippen LogP contribution in [0.1, 0.15) is 24.2 Å². The van der Waals surface area contributed by atoms with Crippen molar-refractivity contribution in [1.29, 1.82) is 0 Å². The second kappa shape index (κ2) is 5.68. The predicted octanol–water partition coefficient (Wildman–Crippen LogP) is 0.929. The lowest BCUT2D eigenvalue weighted by atomic mass is 10.1. The van der Waals surface area contributed by atoms with Gasteiger partial charge in [0.1, 0.15) is 5.69 Å². The van der Waals surface area contributed by atoms with E-state index >= 15 is 0 Å². The summed E-state index contributed by atoms with van der Waals surface area (Å²) in [6.07, 6.45) is 1.09. The molecule has 1 amide bonds. The number of nitro groups is 1. The standard InChI is InChI=1S/C12H17N3O5S/c1-12(2,21(3,19)20)7-14-9-6-8(11(13)16)4-5-10(9)15(17)18/h4-6,14H,7H2,1-3H3,(H2,13,16). The number of hydrogen-bond acceptors (Lipinski definition) is 6. The Morgan fingerprint density at radius 1 is 1.43 bits per heavy atom. The molecule has 1 aromatic carbocycles. The first-order chi connectivity index (χ1) is 9.45. The van der Waals surface area contributed by atoms with Crippen LogP contribution in [0, 0.1) is 10.1 Å². The van der Waals surface area contributed by atoms with Gasteiger partial charge in [0.25, 0.3) is 5.69 Å². The largest absolute Gasteiger partial charge is 0.378 e. The van der Waals surface area contributed by atoms with E-state index in [1.807, 2.05) is 0 Å². The van der Waals surface area contributed by atoms with Gasteiger partial charge in [-0.25, -0.2) is 8.42 Å². The van der Waals surface area contributed by atoms with Crippen LogP contribution in [0.2, 0.25) is 0 Å². The number of nitrogens with zero attached hydrogens (tertiary/aromatic N) is 1. The Bertz CT molecular complexity index is 682. The highest BCUT2D eigenvalue weighted by Gasteiger charge is 2.30. The van der Waals surface area contributed by atoms with Crippen molar-refractivity contribution in [2.75, 3.05) is 18.1 Å². The molecule has 8 nitrogen and oxygen atoms in total. The maximum atomic E-state index is 11.6. The van der Waals surface area contributed by atoms with Gasteiger partial charge < -0.3 is 11.1 Å². The number of carbonyl (C=O) groups excluding carboxylic acids is 1. The second-order valence-electron chi connectivity index (χ2n) is 5.24. The van der Waals surface area contributed by atoms with Crippen molar-refractivity contribution in [3.63, 3.8) is 0 Å². The zero-order chi connectivity index (χ0) is 16.4. The summed E-state index contributed by atoms with van der Waals surface area (Å²) in [6.45, 7) is 2.95. The van der Waals surface area contributed by atoms with Crippen molar-refractivity contribution in [1.82, 2.24) is 0 Å². The minimum atomic E-state index is -3.36. The molecule has 3 N–H and O–H groups in total. The summed E-state index contributed by atoms with van der Waals surface area (Å²) in [5, 5.41) is 13.7. The van der Waals surface area contributed by atoms with Crippen LogP contribution in [-0.2, 0) is 9.84 Å². The van der Waals surface area contributed by atoms with E-state index in [0.717, 1.165) is 12.3 Å². The molecule has 1 rings (SSSR count). The molecule has 0 aliphatic carbocycles. The van der Waals surface area contributed by atoms with Crippen LogP contribution >= 0.6 is 0 Å². The number of rotatable bonds is 6. The van der Waals surface area contributed by atoms with Gasteiger partial charge in [0, 0.05) is 24.4 Å². The summed E-state index contributed by atoms with van der Waals surface area (Å²) in [4.78, 5) is 21.5. The third-order valence-electron chi connectivity index (χ3n) is 3.19. The van der Waals surface area contributed by atoms with Gasteiger partial charge in [-0.3, -0.25) is 14.9 Å². The molecule has 0 radical (unpaired) electrons. The average Bonchev–Trinajstić information content (AvgIpc) is 2.34. The molecular weight excluding hydrogens is 298 g/mol. The van der Waals surface area contributed by atoms with Crippen LogP contribution in [0.5, 0.6) is 0 Å². The number of benzene rings is 1. The predicted molar refractivity (Wildman–Crippen MR) is 79.0 cm³/mol. The van der Waals surface area contributed by atoms with Gasteiger partial charge in [0.2, 0.25) is 5.91 Å². The molecular formula is C12H17N3O5S. The number of nitrogens with one attached hydrogen (secondary N) is 1. The number of amides is 1. The molecule has 0 aliphatic heterocycles. The first-order valence-corrected chi connectivity index (χ1v) is 7.86. The number of primary amides is 1. The van der Waals surface area contributed by atoms with Gasteiger partial charge in [-0.2, -0.15) is 0 Å². The van der Waals surface area contributed by atoms with Crippen molar-refractivity contribution in [2.45, 2.75) is 18.6 Å². The Kier molecular flexibility index (Phi) is 4.57. The van der Waals surface area contributed by atoms with E-state index < -0.39 is 25.4 Å².